The van der Waals surface area contributed by atoms with E-state index >= 15 is 0 Å². The van der Waals surface area contributed by atoms with Gasteiger partial charge >= 0.3 is 0 Å². The monoisotopic (exact) mass is 415 g/mol. The van der Waals surface area contributed by atoms with Crippen molar-refractivity contribution in [1.29, 1.82) is 0 Å². The molecule has 0 atom stereocenters. The van der Waals surface area contributed by atoms with Crippen LogP contribution in [0.3, 0.4) is 0 Å². The summed E-state index contributed by atoms with van der Waals surface area (Å²) >= 11 is 5.84. The van der Waals surface area contributed by atoms with Gasteiger partial charge in [0.2, 0.25) is 9.84 Å². The Hall–Kier alpha value is -2.83. The molecule has 0 aliphatic rings. The topological polar surface area (TPSA) is 83.5 Å². The van der Waals surface area contributed by atoms with Crippen LogP contribution in [0.4, 0.5) is 5.69 Å². The third-order valence-electron chi connectivity index (χ3n) is 4.53. The highest BCUT2D eigenvalue weighted by molar-refractivity contribution is 7.91. The van der Waals surface area contributed by atoms with E-state index in [1.807, 2.05) is 0 Å². The number of halogens is 1. The molecule has 0 heterocycles. The summed E-state index contributed by atoms with van der Waals surface area (Å²) in [4.78, 5) is 12.3. The number of carbonyl (C=O) groups is 1. The summed E-state index contributed by atoms with van der Waals surface area (Å²) in [6.07, 6.45) is 0. The number of phenolic OH excluding ortho intramolecular Hbond substituents is 1. The minimum absolute atomic E-state index is 0.0588. The fraction of sp³-hybridized carbons (Fsp3) is 0.0952. The van der Waals surface area contributed by atoms with E-state index in [4.69, 9.17) is 11.6 Å². The van der Waals surface area contributed by atoms with Gasteiger partial charge in [-0.05, 0) is 67.4 Å². The zero-order valence-corrected chi connectivity index (χ0v) is 16.8. The normalized spacial score (nSPS) is 11.2. The zero-order chi connectivity index (χ0) is 20.5. The Kier molecular flexibility index (Phi) is 5.45. The predicted molar refractivity (Wildman–Crippen MR) is 109 cm³/mol. The molecule has 28 heavy (non-hydrogen) atoms. The lowest BCUT2D eigenvalue weighted by molar-refractivity contribution is 0.102. The molecule has 0 fully saturated rings. The fourth-order valence-corrected chi connectivity index (χ4v) is 4.31. The Bertz CT molecular complexity index is 1140. The highest BCUT2D eigenvalue weighted by atomic mass is 35.5. The van der Waals surface area contributed by atoms with Crippen LogP contribution in [0.25, 0.3) is 0 Å². The minimum Gasteiger partial charge on any atom is -0.506 e. The molecule has 144 valence electrons. The lowest BCUT2D eigenvalue weighted by atomic mass is 10.1. The molecule has 0 saturated heterocycles. The fourth-order valence-electron chi connectivity index (χ4n) is 2.73. The van der Waals surface area contributed by atoms with Crippen LogP contribution in [0.2, 0.25) is 5.02 Å². The van der Waals surface area contributed by atoms with Crippen LogP contribution in [0.1, 0.15) is 21.5 Å². The third kappa shape index (κ3) is 3.74. The van der Waals surface area contributed by atoms with Crippen molar-refractivity contribution in [3.63, 3.8) is 0 Å². The van der Waals surface area contributed by atoms with E-state index in [0.29, 0.717) is 27.4 Å². The van der Waals surface area contributed by atoms with Crippen LogP contribution >= 0.6 is 11.6 Å². The van der Waals surface area contributed by atoms with E-state index in [1.54, 1.807) is 56.3 Å². The second-order valence-corrected chi connectivity index (χ2v) is 8.65. The Morgan fingerprint density at radius 1 is 0.964 bits per heavy atom. The quantitative estimate of drug-likeness (QED) is 0.602. The number of anilines is 1. The predicted octanol–water partition coefficient (Wildman–Crippen LogP) is 4.75. The molecule has 0 saturated carbocycles. The molecule has 3 rings (SSSR count). The number of aromatic hydroxyl groups is 1. The Balaban J connectivity index is 2.06. The smallest absolute Gasteiger partial charge is 0.255 e. The first-order chi connectivity index (χ1) is 13.2. The molecular weight excluding hydrogens is 398 g/mol. The van der Waals surface area contributed by atoms with Gasteiger partial charge in [0.05, 0.1) is 4.90 Å². The van der Waals surface area contributed by atoms with Crippen molar-refractivity contribution in [2.45, 2.75) is 23.6 Å². The molecule has 0 unspecified atom stereocenters. The van der Waals surface area contributed by atoms with Gasteiger partial charge in [0.15, 0.2) is 0 Å². The highest BCUT2D eigenvalue weighted by Crippen LogP contribution is 2.37. The lowest BCUT2D eigenvalue weighted by Crippen LogP contribution is -2.14. The summed E-state index contributed by atoms with van der Waals surface area (Å²) in [5.74, 6) is -0.737. The van der Waals surface area contributed by atoms with E-state index in [1.165, 1.54) is 18.2 Å². The van der Waals surface area contributed by atoms with Crippen LogP contribution < -0.4 is 5.32 Å². The van der Waals surface area contributed by atoms with E-state index in [-0.39, 0.29) is 15.5 Å². The van der Waals surface area contributed by atoms with Crippen LogP contribution in [-0.4, -0.2) is 19.4 Å². The van der Waals surface area contributed by atoms with Crippen LogP contribution in [0, 0.1) is 13.8 Å². The van der Waals surface area contributed by atoms with Gasteiger partial charge in [0, 0.05) is 16.3 Å². The molecule has 1 amide bonds. The summed E-state index contributed by atoms with van der Waals surface area (Å²) in [6, 6.07) is 15.4. The maximum Gasteiger partial charge on any atom is 0.255 e. The van der Waals surface area contributed by atoms with Crippen LogP contribution in [0.5, 0.6) is 5.75 Å². The molecule has 0 aliphatic carbocycles. The maximum atomic E-state index is 13.0. The molecule has 0 aromatic heterocycles. The number of benzene rings is 3. The minimum atomic E-state index is -3.96. The standard InChI is InChI=1S/C21H18ClNO4S/c1-13-14(2)20(24)19(28(26,27)17-6-4-3-5-7-17)12-18(13)23-21(25)15-8-10-16(22)11-9-15/h3-12,24H,1-2H3,(H,23,25). The molecule has 7 heteroatoms. The Morgan fingerprint density at radius 3 is 2.18 bits per heavy atom. The van der Waals surface area contributed by atoms with Crippen molar-refractivity contribution in [3.8, 4) is 5.75 Å². The third-order valence-corrected chi connectivity index (χ3v) is 6.56. The number of hydrogen-bond acceptors (Lipinski definition) is 4. The number of carbonyl (C=O) groups excluding carboxylic acids is 1. The molecule has 5 nitrogen and oxygen atoms in total. The maximum absolute atomic E-state index is 13.0. The summed E-state index contributed by atoms with van der Waals surface area (Å²) in [6.45, 7) is 3.30. The SMILES string of the molecule is Cc1c(NC(=O)c2ccc(Cl)cc2)cc(S(=O)(=O)c2ccccc2)c(O)c1C. The zero-order valence-electron chi connectivity index (χ0n) is 15.2. The van der Waals surface area contributed by atoms with E-state index in [0.717, 1.165) is 0 Å². The largest absolute Gasteiger partial charge is 0.506 e. The number of amides is 1. The summed E-state index contributed by atoms with van der Waals surface area (Å²) in [5.41, 5.74) is 1.64. The molecule has 3 aromatic rings. The van der Waals surface area contributed by atoms with E-state index in [2.05, 4.69) is 5.32 Å². The number of hydrogen-bond donors (Lipinski definition) is 2. The molecular formula is C21H18ClNO4S. The summed E-state index contributed by atoms with van der Waals surface area (Å²) in [5, 5.41) is 13.7. The van der Waals surface area contributed by atoms with Gasteiger partial charge in [0.25, 0.3) is 5.91 Å². The first kappa shape index (κ1) is 19.9. The van der Waals surface area contributed by atoms with Gasteiger partial charge in [-0.25, -0.2) is 8.42 Å². The van der Waals surface area contributed by atoms with Gasteiger partial charge in [-0.15, -0.1) is 0 Å². The van der Waals surface area contributed by atoms with Crippen molar-refractivity contribution < 1.29 is 18.3 Å². The molecule has 0 spiro atoms. The number of rotatable bonds is 4. The van der Waals surface area contributed by atoms with Gasteiger partial charge in [-0.2, -0.15) is 0 Å². The molecule has 0 bridgehead atoms. The number of sulfone groups is 1. The Morgan fingerprint density at radius 2 is 1.57 bits per heavy atom. The molecule has 0 aliphatic heterocycles. The van der Waals surface area contributed by atoms with Crippen molar-refractivity contribution in [2.24, 2.45) is 0 Å². The summed E-state index contributed by atoms with van der Waals surface area (Å²) in [7, 11) is -3.96. The van der Waals surface area contributed by atoms with Crippen molar-refractivity contribution in [3.05, 3.63) is 82.4 Å². The first-order valence-corrected chi connectivity index (χ1v) is 10.3. The highest BCUT2D eigenvalue weighted by Gasteiger charge is 2.25. The average molecular weight is 416 g/mol. The van der Waals surface area contributed by atoms with Gasteiger partial charge < -0.3 is 10.4 Å². The van der Waals surface area contributed by atoms with Crippen molar-refractivity contribution in [2.75, 3.05) is 5.32 Å². The molecule has 2 N–H and O–H groups in total. The van der Waals surface area contributed by atoms with Gasteiger partial charge in [-0.3, -0.25) is 4.79 Å². The first-order valence-electron chi connectivity index (χ1n) is 8.42. The van der Waals surface area contributed by atoms with Crippen molar-refractivity contribution >= 4 is 33.0 Å². The number of nitrogens with one attached hydrogen (secondary N) is 1. The van der Waals surface area contributed by atoms with E-state index in [9.17, 15) is 18.3 Å². The molecule has 3 aromatic carbocycles. The van der Waals surface area contributed by atoms with Gasteiger partial charge in [0.1, 0.15) is 10.6 Å². The second-order valence-electron chi connectivity index (χ2n) is 6.30. The van der Waals surface area contributed by atoms with E-state index < -0.39 is 15.7 Å². The Labute approximate surface area is 168 Å². The second kappa shape index (κ2) is 7.66. The van der Waals surface area contributed by atoms with Crippen LogP contribution in [-0.2, 0) is 9.84 Å². The average Bonchev–Trinajstić information content (AvgIpc) is 2.69. The molecule has 0 radical (unpaired) electrons. The lowest BCUT2D eigenvalue weighted by Gasteiger charge is -2.16. The summed E-state index contributed by atoms with van der Waals surface area (Å²) < 4.78 is 26.0. The number of phenols is 1. The van der Waals surface area contributed by atoms with Gasteiger partial charge in [-0.1, -0.05) is 29.8 Å². The van der Waals surface area contributed by atoms with Crippen LogP contribution in [0.15, 0.2) is 70.5 Å². The van der Waals surface area contributed by atoms with Crippen molar-refractivity contribution in [1.82, 2.24) is 0 Å².